The smallest absolute Gasteiger partial charge is 0.126 e. The van der Waals surface area contributed by atoms with Crippen molar-refractivity contribution in [1.29, 1.82) is 0 Å². The van der Waals surface area contributed by atoms with Gasteiger partial charge < -0.3 is 10.1 Å². The van der Waals surface area contributed by atoms with Crippen LogP contribution in [0.1, 0.15) is 42.9 Å². The molecule has 1 fully saturated rings. The Bertz CT molecular complexity index is 388. The summed E-state index contributed by atoms with van der Waals surface area (Å²) in [4.78, 5) is 0. The monoisotopic (exact) mass is 251 g/mol. The largest absolute Gasteiger partial charge is 0.378 e. The summed E-state index contributed by atoms with van der Waals surface area (Å²) in [6, 6.07) is 5.59. The van der Waals surface area contributed by atoms with Gasteiger partial charge in [-0.25, -0.2) is 4.39 Å². The van der Waals surface area contributed by atoms with Crippen LogP contribution in [-0.2, 0) is 4.74 Å². The van der Waals surface area contributed by atoms with Crippen LogP contribution in [0.2, 0.25) is 0 Å². The summed E-state index contributed by atoms with van der Waals surface area (Å²) in [6.45, 7) is 2.69. The number of halogens is 1. The molecular weight excluding hydrogens is 229 g/mol. The molecule has 1 aliphatic heterocycles. The highest BCUT2D eigenvalue weighted by atomic mass is 19.1. The first-order valence-corrected chi connectivity index (χ1v) is 6.75. The third-order valence-corrected chi connectivity index (χ3v) is 3.71. The Balaban J connectivity index is 2.04. The van der Waals surface area contributed by atoms with Crippen LogP contribution >= 0.6 is 0 Å². The highest BCUT2D eigenvalue weighted by Crippen LogP contribution is 2.25. The molecule has 1 aliphatic rings. The van der Waals surface area contributed by atoms with E-state index in [4.69, 9.17) is 4.74 Å². The van der Waals surface area contributed by atoms with E-state index in [9.17, 15) is 4.39 Å². The molecule has 2 atom stereocenters. The van der Waals surface area contributed by atoms with E-state index in [1.165, 1.54) is 12.8 Å². The van der Waals surface area contributed by atoms with Crippen LogP contribution in [0.15, 0.2) is 18.2 Å². The van der Waals surface area contributed by atoms with Crippen molar-refractivity contribution in [3.8, 4) is 0 Å². The van der Waals surface area contributed by atoms with E-state index in [1.807, 2.05) is 26.1 Å². The van der Waals surface area contributed by atoms with Crippen molar-refractivity contribution < 1.29 is 9.13 Å². The fourth-order valence-electron chi connectivity index (χ4n) is 2.56. The van der Waals surface area contributed by atoms with Gasteiger partial charge in [0.05, 0.1) is 6.10 Å². The highest BCUT2D eigenvalue weighted by molar-refractivity contribution is 5.26. The van der Waals surface area contributed by atoms with Crippen LogP contribution in [0.25, 0.3) is 0 Å². The lowest BCUT2D eigenvalue weighted by atomic mass is 9.96. The van der Waals surface area contributed by atoms with Crippen LogP contribution in [0.3, 0.4) is 0 Å². The molecular formula is C15H22FNO. The molecule has 0 saturated carbocycles. The Morgan fingerprint density at radius 1 is 1.44 bits per heavy atom. The number of nitrogens with one attached hydrogen (secondary N) is 1. The summed E-state index contributed by atoms with van der Waals surface area (Å²) in [6.07, 6.45) is 4.86. The molecule has 0 spiro atoms. The van der Waals surface area contributed by atoms with E-state index in [1.54, 1.807) is 6.07 Å². The van der Waals surface area contributed by atoms with E-state index in [0.29, 0.717) is 11.7 Å². The van der Waals surface area contributed by atoms with Crippen molar-refractivity contribution in [3.05, 3.63) is 35.1 Å². The molecule has 0 radical (unpaired) electrons. The Hall–Kier alpha value is -0.930. The first kappa shape index (κ1) is 13.5. The van der Waals surface area contributed by atoms with Gasteiger partial charge in [0, 0.05) is 12.6 Å². The van der Waals surface area contributed by atoms with Gasteiger partial charge in [0.15, 0.2) is 0 Å². The van der Waals surface area contributed by atoms with Gasteiger partial charge in [-0.1, -0.05) is 12.1 Å². The zero-order chi connectivity index (χ0) is 13.0. The number of hydrogen-bond acceptors (Lipinski definition) is 2. The van der Waals surface area contributed by atoms with Gasteiger partial charge in [0.2, 0.25) is 0 Å². The molecule has 3 heteroatoms. The van der Waals surface area contributed by atoms with Crippen LogP contribution in [0.4, 0.5) is 4.39 Å². The second-order valence-electron chi connectivity index (χ2n) is 5.07. The summed E-state index contributed by atoms with van der Waals surface area (Å²) >= 11 is 0. The molecule has 1 saturated heterocycles. The standard InChI is InChI=1S/C15H22FNO/c1-11-9-12(6-7-14(11)16)15(17-2)10-13-5-3-4-8-18-13/h6-7,9,13,15,17H,3-5,8,10H2,1-2H3. The quantitative estimate of drug-likeness (QED) is 0.886. The lowest BCUT2D eigenvalue weighted by Crippen LogP contribution is -2.27. The summed E-state index contributed by atoms with van der Waals surface area (Å²) < 4.78 is 19.1. The third-order valence-electron chi connectivity index (χ3n) is 3.71. The number of ether oxygens (including phenoxy) is 1. The van der Waals surface area contributed by atoms with Crippen molar-refractivity contribution in [2.24, 2.45) is 0 Å². The van der Waals surface area contributed by atoms with Gasteiger partial charge >= 0.3 is 0 Å². The third kappa shape index (κ3) is 3.30. The molecule has 100 valence electrons. The summed E-state index contributed by atoms with van der Waals surface area (Å²) in [5.74, 6) is -0.137. The van der Waals surface area contributed by atoms with Crippen molar-refractivity contribution in [2.45, 2.75) is 44.8 Å². The van der Waals surface area contributed by atoms with E-state index in [-0.39, 0.29) is 11.9 Å². The molecule has 1 N–H and O–H groups in total. The average Bonchev–Trinajstić information content (AvgIpc) is 2.40. The fraction of sp³-hybridized carbons (Fsp3) is 0.600. The lowest BCUT2D eigenvalue weighted by Gasteiger charge is -2.27. The summed E-state index contributed by atoms with van der Waals surface area (Å²) in [5, 5.41) is 3.31. The van der Waals surface area contributed by atoms with Crippen LogP contribution < -0.4 is 5.32 Å². The maximum Gasteiger partial charge on any atom is 0.126 e. The number of rotatable bonds is 4. The van der Waals surface area contributed by atoms with E-state index < -0.39 is 0 Å². The molecule has 0 bridgehead atoms. The minimum Gasteiger partial charge on any atom is -0.378 e. The Labute approximate surface area is 109 Å². The van der Waals surface area contributed by atoms with Crippen molar-refractivity contribution in [3.63, 3.8) is 0 Å². The molecule has 0 aromatic heterocycles. The minimum absolute atomic E-state index is 0.137. The molecule has 1 aromatic carbocycles. The maximum atomic E-state index is 13.3. The van der Waals surface area contributed by atoms with Gasteiger partial charge in [-0.15, -0.1) is 0 Å². The second kappa shape index (κ2) is 6.30. The van der Waals surface area contributed by atoms with E-state index >= 15 is 0 Å². The highest BCUT2D eigenvalue weighted by Gasteiger charge is 2.20. The average molecular weight is 251 g/mol. The summed E-state index contributed by atoms with van der Waals surface area (Å²) in [5.41, 5.74) is 1.85. The fourth-order valence-corrected chi connectivity index (χ4v) is 2.56. The molecule has 0 amide bonds. The van der Waals surface area contributed by atoms with Crippen molar-refractivity contribution in [2.75, 3.05) is 13.7 Å². The molecule has 18 heavy (non-hydrogen) atoms. The Morgan fingerprint density at radius 3 is 2.89 bits per heavy atom. The second-order valence-corrected chi connectivity index (χ2v) is 5.07. The predicted octanol–water partition coefficient (Wildman–Crippen LogP) is 3.35. The van der Waals surface area contributed by atoms with Gasteiger partial charge in [0.25, 0.3) is 0 Å². The normalized spacial score (nSPS) is 21.8. The topological polar surface area (TPSA) is 21.3 Å². The minimum atomic E-state index is -0.137. The predicted molar refractivity (Wildman–Crippen MR) is 71.1 cm³/mol. The number of benzene rings is 1. The molecule has 1 heterocycles. The SMILES string of the molecule is CNC(CC1CCCCO1)c1ccc(F)c(C)c1. The first-order chi connectivity index (χ1) is 8.70. The van der Waals surface area contributed by atoms with Gasteiger partial charge in [0.1, 0.15) is 5.82 Å². The van der Waals surface area contributed by atoms with Gasteiger partial charge in [-0.2, -0.15) is 0 Å². The van der Waals surface area contributed by atoms with E-state index in [2.05, 4.69) is 5.32 Å². The Kier molecular flexibility index (Phi) is 4.72. The zero-order valence-corrected chi connectivity index (χ0v) is 11.2. The molecule has 2 nitrogen and oxygen atoms in total. The lowest BCUT2D eigenvalue weighted by molar-refractivity contribution is 0.00547. The van der Waals surface area contributed by atoms with E-state index in [0.717, 1.165) is 25.0 Å². The van der Waals surface area contributed by atoms with Crippen LogP contribution in [0.5, 0.6) is 0 Å². The number of aryl methyl sites for hydroxylation is 1. The van der Waals surface area contributed by atoms with Gasteiger partial charge in [-0.05, 0) is 56.8 Å². The maximum absolute atomic E-state index is 13.3. The first-order valence-electron chi connectivity index (χ1n) is 6.75. The molecule has 1 aromatic rings. The zero-order valence-electron chi connectivity index (χ0n) is 11.2. The van der Waals surface area contributed by atoms with Crippen molar-refractivity contribution >= 4 is 0 Å². The van der Waals surface area contributed by atoms with Crippen LogP contribution in [0, 0.1) is 12.7 Å². The molecule has 0 aliphatic carbocycles. The molecule has 2 unspecified atom stereocenters. The van der Waals surface area contributed by atoms with Crippen molar-refractivity contribution in [1.82, 2.24) is 5.32 Å². The Morgan fingerprint density at radius 2 is 2.28 bits per heavy atom. The number of hydrogen-bond donors (Lipinski definition) is 1. The summed E-state index contributed by atoms with van der Waals surface area (Å²) in [7, 11) is 1.95. The van der Waals surface area contributed by atoms with Gasteiger partial charge in [-0.3, -0.25) is 0 Å². The molecule has 2 rings (SSSR count). The van der Waals surface area contributed by atoms with Crippen LogP contribution in [-0.4, -0.2) is 19.8 Å².